The molecule has 0 aromatic carbocycles. The zero-order chi connectivity index (χ0) is 12.7. The third-order valence-electron chi connectivity index (χ3n) is 3.27. The minimum atomic E-state index is -0.578. The number of rotatable bonds is 4. The Hall–Kier alpha value is -1.30. The first-order chi connectivity index (χ1) is 8.20. The van der Waals surface area contributed by atoms with E-state index < -0.39 is 5.92 Å². The van der Waals surface area contributed by atoms with E-state index in [4.69, 9.17) is 11.2 Å². The van der Waals surface area contributed by atoms with E-state index in [-0.39, 0.29) is 17.7 Å². The van der Waals surface area contributed by atoms with Crippen LogP contribution in [0.1, 0.15) is 45.4 Å². The minimum absolute atomic E-state index is 0.0305. The lowest BCUT2D eigenvalue weighted by atomic mass is 9.84. The van der Waals surface area contributed by atoms with E-state index in [1.807, 2.05) is 0 Å². The summed E-state index contributed by atoms with van der Waals surface area (Å²) >= 11 is 0. The molecule has 1 aliphatic rings. The fourth-order valence-electron chi connectivity index (χ4n) is 2.43. The molecule has 0 aromatic rings. The van der Waals surface area contributed by atoms with Gasteiger partial charge in [-0.1, -0.05) is 6.42 Å². The fraction of sp³-hybridized carbons (Fsp3) is 0.714. The summed E-state index contributed by atoms with van der Waals surface area (Å²) in [5.74, 6) is 1.74. The molecule has 0 bridgehead atoms. The van der Waals surface area contributed by atoms with Gasteiger partial charge >= 0.3 is 5.97 Å². The van der Waals surface area contributed by atoms with Gasteiger partial charge in [-0.15, -0.1) is 12.3 Å². The Morgan fingerprint density at radius 1 is 1.53 bits per heavy atom. The predicted molar refractivity (Wildman–Crippen MR) is 65.2 cm³/mol. The lowest BCUT2D eigenvalue weighted by molar-refractivity contribution is -0.153. The van der Waals surface area contributed by atoms with Crippen molar-refractivity contribution in [1.82, 2.24) is 0 Å². The average molecular weight is 236 g/mol. The Morgan fingerprint density at radius 3 is 2.94 bits per heavy atom. The molecule has 0 N–H and O–H groups in total. The molecule has 0 spiro atoms. The molecule has 1 aliphatic carbocycles. The van der Waals surface area contributed by atoms with Crippen LogP contribution in [0.4, 0.5) is 0 Å². The second-order valence-corrected chi connectivity index (χ2v) is 4.44. The number of carbonyl (C=O) groups is 2. The standard InChI is InChI=1S/C14H20O3/c1-3-5-8-11-9-6-7-10-12(15)13(11)14(16)17-4-2/h1,11,13H,4-10H2,2H3. The normalized spacial score (nSPS) is 24.8. The van der Waals surface area contributed by atoms with Crippen LogP contribution < -0.4 is 0 Å². The highest BCUT2D eigenvalue weighted by molar-refractivity contribution is 5.99. The minimum Gasteiger partial charge on any atom is -0.465 e. The van der Waals surface area contributed by atoms with Crippen molar-refractivity contribution in [2.24, 2.45) is 11.8 Å². The summed E-state index contributed by atoms with van der Waals surface area (Å²) in [5, 5.41) is 0. The second kappa shape index (κ2) is 7.11. The largest absolute Gasteiger partial charge is 0.465 e. The van der Waals surface area contributed by atoms with E-state index in [9.17, 15) is 9.59 Å². The van der Waals surface area contributed by atoms with Crippen LogP contribution in [0.25, 0.3) is 0 Å². The summed E-state index contributed by atoms with van der Waals surface area (Å²) in [6, 6.07) is 0. The van der Waals surface area contributed by atoms with Gasteiger partial charge in [0.2, 0.25) is 0 Å². The molecule has 0 saturated heterocycles. The van der Waals surface area contributed by atoms with Gasteiger partial charge in [-0.2, -0.15) is 0 Å². The topological polar surface area (TPSA) is 43.4 Å². The summed E-state index contributed by atoms with van der Waals surface area (Å²) in [5.41, 5.74) is 0. The Balaban J connectivity index is 2.76. The van der Waals surface area contributed by atoms with E-state index in [1.165, 1.54) is 0 Å². The summed E-state index contributed by atoms with van der Waals surface area (Å²) in [6.07, 6.45) is 9.88. The summed E-state index contributed by atoms with van der Waals surface area (Å²) in [7, 11) is 0. The number of hydrogen-bond donors (Lipinski definition) is 0. The summed E-state index contributed by atoms with van der Waals surface area (Å²) in [6.45, 7) is 2.08. The lowest BCUT2D eigenvalue weighted by Crippen LogP contribution is -2.31. The number of terminal acetylenes is 1. The molecule has 0 amide bonds. The molecule has 3 heteroatoms. The number of Topliss-reactive ketones (excluding diaryl/α,β-unsaturated/α-hetero) is 1. The van der Waals surface area contributed by atoms with Gasteiger partial charge < -0.3 is 4.74 Å². The number of carbonyl (C=O) groups excluding carboxylic acids is 2. The van der Waals surface area contributed by atoms with Crippen LogP contribution in [0.2, 0.25) is 0 Å². The average Bonchev–Trinajstić information content (AvgIpc) is 2.48. The molecule has 1 rings (SSSR count). The smallest absolute Gasteiger partial charge is 0.316 e. The number of hydrogen-bond acceptors (Lipinski definition) is 3. The van der Waals surface area contributed by atoms with Crippen molar-refractivity contribution in [2.45, 2.75) is 45.4 Å². The molecule has 0 heterocycles. The van der Waals surface area contributed by atoms with Crippen LogP contribution in [0.5, 0.6) is 0 Å². The number of ether oxygens (including phenoxy) is 1. The first-order valence-electron chi connectivity index (χ1n) is 6.33. The highest BCUT2D eigenvalue weighted by Gasteiger charge is 2.36. The number of ketones is 1. The quantitative estimate of drug-likeness (QED) is 0.326. The Labute approximate surface area is 103 Å². The van der Waals surface area contributed by atoms with E-state index in [0.29, 0.717) is 19.4 Å². The first kappa shape index (κ1) is 13.8. The van der Waals surface area contributed by atoms with Gasteiger partial charge in [-0.05, 0) is 32.1 Å². The summed E-state index contributed by atoms with van der Waals surface area (Å²) < 4.78 is 5.01. The van der Waals surface area contributed by atoms with E-state index >= 15 is 0 Å². The maximum Gasteiger partial charge on any atom is 0.316 e. The second-order valence-electron chi connectivity index (χ2n) is 4.44. The number of esters is 1. The van der Waals surface area contributed by atoms with Gasteiger partial charge in [0.15, 0.2) is 0 Å². The zero-order valence-electron chi connectivity index (χ0n) is 10.4. The molecule has 3 nitrogen and oxygen atoms in total. The molecule has 17 heavy (non-hydrogen) atoms. The van der Waals surface area contributed by atoms with Crippen molar-refractivity contribution >= 4 is 11.8 Å². The van der Waals surface area contributed by atoms with Gasteiger partial charge in [0, 0.05) is 12.8 Å². The molecular formula is C14H20O3. The van der Waals surface area contributed by atoms with Crippen LogP contribution in [-0.4, -0.2) is 18.4 Å². The van der Waals surface area contributed by atoms with Gasteiger partial charge in [0.1, 0.15) is 11.7 Å². The van der Waals surface area contributed by atoms with Crippen molar-refractivity contribution in [3.05, 3.63) is 0 Å². The van der Waals surface area contributed by atoms with E-state index in [2.05, 4.69) is 5.92 Å². The Morgan fingerprint density at radius 2 is 2.29 bits per heavy atom. The van der Waals surface area contributed by atoms with Crippen molar-refractivity contribution in [2.75, 3.05) is 6.61 Å². The highest BCUT2D eigenvalue weighted by atomic mass is 16.5. The molecule has 2 unspecified atom stereocenters. The highest BCUT2D eigenvalue weighted by Crippen LogP contribution is 2.30. The third-order valence-corrected chi connectivity index (χ3v) is 3.27. The van der Waals surface area contributed by atoms with Crippen molar-refractivity contribution in [1.29, 1.82) is 0 Å². The van der Waals surface area contributed by atoms with Gasteiger partial charge in [0.05, 0.1) is 6.61 Å². The summed E-state index contributed by atoms with van der Waals surface area (Å²) in [4.78, 5) is 23.8. The van der Waals surface area contributed by atoms with Crippen LogP contribution >= 0.6 is 0 Å². The van der Waals surface area contributed by atoms with Gasteiger partial charge in [-0.3, -0.25) is 9.59 Å². The molecule has 0 radical (unpaired) electrons. The van der Waals surface area contributed by atoms with Crippen LogP contribution in [0.15, 0.2) is 0 Å². The molecule has 0 aromatic heterocycles. The van der Waals surface area contributed by atoms with Crippen LogP contribution in [-0.2, 0) is 14.3 Å². The van der Waals surface area contributed by atoms with Gasteiger partial charge in [-0.25, -0.2) is 0 Å². The maximum atomic E-state index is 12.0. The third kappa shape index (κ3) is 3.89. The van der Waals surface area contributed by atoms with Crippen molar-refractivity contribution in [3.8, 4) is 12.3 Å². The molecule has 1 fully saturated rings. The lowest BCUT2D eigenvalue weighted by Gasteiger charge is -2.21. The monoisotopic (exact) mass is 236 g/mol. The molecule has 2 atom stereocenters. The SMILES string of the molecule is C#CCCC1CCCCC(=O)C1C(=O)OCC. The van der Waals surface area contributed by atoms with E-state index in [0.717, 1.165) is 25.7 Å². The van der Waals surface area contributed by atoms with Crippen LogP contribution in [0, 0.1) is 24.2 Å². The molecule has 94 valence electrons. The molecular weight excluding hydrogens is 216 g/mol. The Bertz CT molecular complexity index is 314. The maximum absolute atomic E-state index is 12.0. The zero-order valence-corrected chi connectivity index (χ0v) is 10.4. The molecule has 0 aliphatic heterocycles. The predicted octanol–water partition coefficient (Wildman–Crippen LogP) is 2.34. The van der Waals surface area contributed by atoms with Crippen molar-refractivity contribution < 1.29 is 14.3 Å². The Kier molecular flexibility index (Phi) is 5.76. The molecule has 1 saturated carbocycles. The fourth-order valence-corrected chi connectivity index (χ4v) is 2.43. The van der Waals surface area contributed by atoms with Crippen molar-refractivity contribution in [3.63, 3.8) is 0 Å². The van der Waals surface area contributed by atoms with Gasteiger partial charge in [0.25, 0.3) is 0 Å². The van der Waals surface area contributed by atoms with Crippen LogP contribution in [0.3, 0.4) is 0 Å². The van der Waals surface area contributed by atoms with E-state index in [1.54, 1.807) is 6.92 Å². The first-order valence-corrected chi connectivity index (χ1v) is 6.33.